The van der Waals surface area contributed by atoms with Crippen LogP contribution in [0.4, 0.5) is 0 Å². The Morgan fingerprint density at radius 2 is 1.20 bits per heavy atom. The molecule has 2 aliphatic heterocycles. The van der Waals surface area contributed by atoms with Crippen molar-refractivity contribution in [2.75, 3.05) is 72.0 Å². The number of unbranched alkanes of at least 4 members (excludes halogenated alkanes) is 3. The number of rotatable bonds is 8. The van der Waals surface area contributed by atoms with Crippen LogP contribution >= 0.6 is 0 Å². The molecule has 0 aliphatic carbocycles. The van der Waals surface area contributed by atoms with Gasteiger partial charge in [0.25, 0.3) is 0 Å². The summed E-state index contributed by atoms with van der Waals surface area (Å²) in [4.78, 5) is 7.93. The van der Waals surface area contributed by atoms with Crippen LogP contribution in [0.15, 0.2) is 0 Å². The third-order valence-corrected chi connectivity index (χ3v) is 4.73. The van der Waals surface area contributed by atoms with Gasteiger partial charge in [-0.25, -0.2) is 0 Å². The lowest BCUT2D eigenvalue weighted by atomic mass is 10.2. The van der Waals surface area contributed by atoms with Crippen molar-refractivity contribution in [1.82, 2.24) is 20.0 Å². The fraction of sp³-hybridized carbons (Fsp3) is 1.00. The molecule has 0 spiro atoms. The van der Waals surface area contributed by atoms with Gasteiger partial charge in [0.15, 0.2) is 0 Å². The lowest BCUT2D eigenvalue weighted by Gasteiger charge is -2.36. The molecule has 4 nitrogen and oxygen atoms in total. The first kappa shape index (κ1) is 16.2. The molecule has 0 aromatic rings. The van der Waals surface area contributed by atoms with Crippen molar-refractivity contribution in [3.63, 3.8) is 0 Å². The van der Waals surface area contributed by atoms with Gasteiger partial charge in [-0.05, 0) is 13.0 Å². The lowest BCUT2D eigenvalue weighted by molar-refractivity contribution is 0.114. The first-order valence-corrected chi connectivity index (χ1v) is 8.76. The van der Waals surface area contributed by atoms with Gasteiger partial charge in [0.2, 0.25) is 0 Å². The van der Waals surface area contributed by atoms with Gasteiger partial charge in [0.05, 0.1) is 0 Å². The quantitative estimate of drug-likeness (QED) is 0.673. The standard InChI is InChI=1S/C16H34N4/c1-2-3-4-5-8-18-11-14-20(15-12-18)16-13-19-9-6-17-7-10-19/h17H,2-16H2,1H3. The second-order valence-electron chi connectivity index (χ2n) is 6.34. The van der Waals surface area contributed by atoms with E-state index in [4.69, 9.17) is 0 Å². The monoisotopic (exact) mass is 282 g/mol. The van der Waals surface area contributed by atoms with Crippen LogP contribution in [-0.4, -0.2) is 86.7 Å². The fourth-order valence-electron chi connectivity index (χ4n) is 3.22. The molecule has 1 N–H and O–H groups in total. The van der Waals surface area contributed by atoms with Gasteiger partial charge in [0.1, 0.15) is 0 Å². The molecule has 4 heteroatoms. The predicted octanol–water partition coefficient (Wildman–Crippen LogP) is 1.09. The van der Waals surface area contributed by atoms with E-state index >= 15 is 0 Å². The molecule has 0 radical (unpaired) electrons. The van der Waals surface area contributed by atoms with E-state index in [9.17, 15) is 0 Å². The Morgan fingerprint density at radius 1 is 0.650 bits per heavy atom. The smallest absolute Gasteiger partial charge is 0.0110 e. The van der Waals surface area contributed by atoms with Gasteiger partial charge in [-0.1, -0.05) is 26.2 Å². The minimum atomic E-state index is 1.17. The minimum Gasteiger partial charge on any atom is -0.314 e. The van der Waals surface area contributed by atoms with Crippen LogP contribution in [0.25, 0.3) is 0 Å². The molecular formula is C16H34N4. The third kappa shape index (κ3) is 6.08. The summed E-state index contributed by atoms with van der Waals surface area (Å²) in [5, 5.41) is 3.43. The van der Waals surface area contributed by atoms with Crippen LogP contribution in [0.1, 0.15) is 32.6 Å². The molecule has 0 aromatic heterocycles. The highest BCUT2D eigenvalue weighted by Gasteiger charge is 2.17. The van der Waals surface area contributed by atoms with Gasteiger partial charge >= 0.3 is 0 Å². The Balaban J connectivity index is 1.50. The van der Waals surface area contributed by atoms with E-state index < -0.39 is 0 Å². The van der Waals surface area contributed by atoms with E-state index in [2.05, 4.69) is 26.9 Å². The summed E-state index contributed by atoms with van der Waals surface area (Å²) in [6, 6.07) is 0. The van der Waals surface area contributed by atoms with Crippen molar-refractivity contribution < 1.29 is 0 Å². The molecule has 118 valence electrons. The Kier molecular flexibility index (Phi) is 7.88. The van der Waals surface area contributed by atoms with Crippen molar-refractivity contribution in [3.05, 3.63) is 0 Å². The lowest BCUT2D eigenvalue weighted by Crippen LogP contribution is -2.50. The average Bonchev–Trinajstić information content (AvgIpc) is 2.52. The second kappa shape index (κ2) is 9.72. The summed E-state index contributed by atoms with van der Waals surface area (Å²) in [6.45, 7) is 16.1. The van der Waals surface area contributed by atoms with E-state index in [0.29, 0.717) is 0 Å². The van der Waals surface area contributed by atoms with E-state index in [1.165, 1.54) is 97.7 Å². The van der Waals surface area contributed by atoms with Crippen LogP contribution in [0.2, 0.25) is 0 Å². The summed E-state index contributed by atoms with van der Waals surface area (Å²) in [5.41, 5.74) is 0. The van der Waals surface area contributed by atoms with Gasteiger partial charge in [0, 0.05) is 65.4 Å². The SMILES string of the molecule is CCCCCCN1CCN(CCN2CCNCC2)CC1. The summed E-state index contributed by atoms with van der Waals surface area (Å²) in [7, 11) is 0. The average molecular weight is 282 g/mol. The van der Waals surface area contributed by atoms with Crippen molar-refractivity contribution in [1.29, 1.82) is 0 Å². The number of nitrogens with one attached hydrogen (secondary N) is 1. The molecule has 0 atom stereocenters. The topological polar surface area (TPSA) is 21.8 Å². The van der Waals surface area contributed by atoms with Gasteiger partial charge in [-0.2, -0.15) is 0 Å². The maximum Gasteiger partial charge on any atom is 0.0110 e. The fourth-order valence-corrected chi connectivity index (χ4v) is 3.22. The van der Waals surface area contributed by atoms with E-state index in [0.717, 1.165) is 0 Å². The zero-order chi connectivity index (χ0) is 14.0. The molecular weight excluding hydrogens is 248 g/mol. The second-order valence-corrected chi connectivity index (χ2v) is 6.34. The molecule has 2 fully saturated rings. The van der Waals surface area contributed by atoms with E-state index in [1.807, 2.05) is 0 Å². The van der Waals surface area contributed by atoms with E-state index in [1.54, 1.807) is 0 Å². The first-order valence-electron chi connectivity index (χ1n) is 8.76. The van der Waals surface area contributed by atoms with Gasteiger partial charge < -0.3 is 10.2 Å². The number of hydrogen-bond acceptors (Lipinski definition) is 4. The van der Waals surface area contributed by atoms with Crippen LogP contribution in [0.3, 0.4) is 0 Å². The Morgan fingerprint density at radius 3 is 1.80 bits per heavy atom. The van der Waals surface area contributed by atoms with Crippen molar-refractivity contribution >= 4 is 0 Å². The van der Waals surface area contributed by atoms with Crippen molar-refractivity contribution in [3.8, 4) is 0 Å². The minimum absolute atomic E-state index is 1.17. The summed E-state index contributed by atoms with van der Waals surface area (Å²) < 4.78 is 0. The normalized spacial score (nSPS) is 23.2. The molecule has 2 aliphatic rings. The zero-order valence-electron chi connectivity index (χ0n) is 13.4. The van der Waals surface area contributed by atoms with Crippen LogP contribution < -0.4 is 5.32 Å². The molecule has 0 bridgehead atoms. The maximum absolute atomic E-state index is 3.43. The molecule has 0 amide bonds. The maximum atomic E-state index is 3.43. The van der Waals surface area contributed by atoms with Gasteiger partial charge in [-0.3, -0.25) is 9.80 Å². The Hall–Kier alpha value is -0.160. The number of nitrogens with zero attached hydrogens (tertiary/aromatic N) is 3. The summed E-state index contributed by atoms with van der Waals surface area (Å²) in [5.74, 6) is 0. The zero-order valence-corrected chi connectivity index (χ0v) is 13.4. The van der Waals surface area contributed by atoms with E-state index in [-0.39, 0.29) is 0 Å². The number of piperazine rings is 2. The molecule has 2 heterocycles. The predicted molar refractivity (Wildman–Crippen MR) is 86.3 cm³/mol. The summed E-state index contributed by atoms with van der Waals surface area (Å²) in [6.07, 6.45) is 5.57. The van der Waals surface area contributed by atoms with Crippen molar-refractivity contribution in [2.45, 2.75) is 32.6 Å². The van der Waals surface area contributed by atoms with Gasteiger partial charge in [-0.15, -0.1) is 0 Å². The first-order chi connectivity index (χ1) is 9.88. The molecule has 0 saturated carbocycles. The Labute approximate surface area is 125 Å². The van der Waals surface area contributed by atoms with Crippen LogP contribution in [0.5, 0.6) is 0 Å². The summed E-state index contributed by atoms with van der Waals surface area (Å²) >= 11 is 0. The van der Waals surface area contributed by atoms with Crippen LogP contribution in [0, 0.1) is 0 Å². The van der Waals surface area contributed by atoms with Crippen molar-refractivity contribution in [2.24, 2.45) is 0 Å². The Bertz CT molecular complexity index is 233. The molecule has 0 unspecified atom stereocenters. The third-order valence-electron chi connectivity index (χ3n) is 4.73. The highest BCUT2D eigenvalue weighted by Crippen LogP contribution is 2.06. The molecule has 0 aromatic carbocycles. The van der Waals surface area contributed by atoms with Crippen LogP contribution in [-0.2, 0) is 0 Å². The molecule has 2 rings (SSSR count). The molecule has 20 heavy (non-hydrogen) atoms. The highest BCUT2D eigenvalue weighted by molar-refractivity contribution is 4.74. The largest absolute Gasteiger partial charge is 0.314 e. The molecule has 2 saturated heterocycles. The number of hydrogen-bond donors (Lipinski definition) is 1. The highest BCUT2D eigenvalue weighted by atomic mass is 15.3.